The van der Waals surface area contributed by atoms with Crippen LogP contribution in [0.1, 0.15) is 122 Å². The van der Waals surface area contributed by atoms with Gasteiger partial charge in [-0.1, -0.05) is 34.8 Å². The summed E-state index contributed by atoms with van der Waals surface area (Å²) in [5.74, 6) is -6.17. The maximum Gasteiger partial charge on any atom is 0.277 e. The third-order valence-corrected chi connectivity index (χ3v) is 16.7. The number of rotatable bonds is 18. The van der Waals surface area contributed by atoms with Gasteiger partial charge in [0.25, 0.3) is 16.7 Å². The number of aliphatic hydroxyl groups is 3. The molecule has 3 N–H and O–H groups in total. The third kappa shape index (κ3) is 18.2. The molecule has 12 rings (SSSR count). The van der Waals surface area contributed by atoms with E-state index < -0.39 is 88.9 Å². The number of hydrogen-bond acceptors (Lipinski definition) is 21. The smallest absolute Gasteiger partial charge is 0.277 e. The van der Waals surface area contributed by atoms with Gasteiger partial charge in [-0.3, -0.25) is 58.0 Å². The fraction of sp³-hybridized carbons (Fsp3) is 0.240. The number of halogens is 9. The first kappa shape index (κ1) is 67.3. The van der Waals surface area contributed by atoms with Crippen molar-refractivity contribution in [3.8, 4) is 68.5 Å². The summed E-state index contributed by atoms with van der Waals surface area (Å²) in [5, 5.41) is 30.7. The lowest BCUT2D eigenvalue weighted by Gasteiger charge is -2.17. The van der Waals surface area contributed by atoms with Crippen LogP contribution in [0.15, 0.2) is 143 Å². The summed E-state index contributed by atoms with van der Waals surface area (Å²) in [4.78, 5) is 88.3. The largest absolute Gasteiger partial charge is 0.485 e. The molecule has 3 atom stereocenters. The Morgan fingerprint density at radius 3 is 0.889 bits per heavy atom. The zero-order valence-electron chi connectivity index (χ0n) is 67.1. The molecular weight excluding hydrogens is 1480 g/mol. The highest BCUT2D eigenvalue weighted by molar-refractivity contribution is 6.32. The van der Waals surface area contributed by atoms with Gasteiger partial charge in [-0.2, -0.15) is 0 Å². The lowest BCUT2D eigenvalue weighted by atomic mass is 10.1. The molecule has 0 spiro atoms. The molecule has 12 aromatic rings. The van der Waals surface area contributed by atoms with Gasteiger partial charge in [-0.05, 0) is 136 Å². The molecule has 12 aromatic heterocycles. The first-order valence-electron chi connectivity index (χ1n) is 36.3. The Kier molecular flexibility index (Phi) is 20.2. The Labute approximate surface area is 639 Å². The third-order valence-electron chi connectivity index (χ3n) is 15.7. The first-order valence-corrected chi connectivity index (χ1v) is 32.9. The van der Waals surface area contributed by atoms with Crippen molar-refractivity contribution in [1.29, 1.82) is 0 Å². The van der Waals surface area contributed by atoms with E-state index >= 15 is 0 Å². The number of nitrogens with zero attached hydrogens (tertiary/aromatic N) is 15. The van der Waals surface area contributed by atoms with Crippen LogP contribution in [-0.4, -0.2) is 88.8 Å². The zero-order chi connectivity index (χ0) is 86.1. The van der Waals surface area contributed by atoms with Gasteiger partial charge >= 0.3 is 0 Å². The van der Waals surface area contributed by atoms with E-state index in [0.717, 1.165) is 39.4 Å². The van der Waals surface area contributed by atoms with Crippen molar-refractivity contribution in [2.24, 2.45) is 0 Å². The predicted molar refractivity (Wildman–Crippen MR) is 387 cm³/mol. The second-order valence-corrected chi connectivity index (χ2v) is 25.6. The van der Waals surface area contributed by atoms with E-state index in [2.05, 4.69) is 59.8 Å². The normalized spacial score (nSPS) is 14.5. The van der Waals surface area contributed by atoms with Crippen LogP contribution >= 0.6 is 34.8 Å². The molecule has 0 aliphatic heterocycles. The van der Waals surface area contributed by atoms with E-state index in [1.165, 1.54) is 87.3 Å². The maximum absolute atomic E-state index is 13.9. The van der Waals surface area contributed by atoms with Crippen LogP contribution in [0.4, 0.5) is 26.3 Å². The molecule has 0 aromatic carbocycles. The standard InChI is InChI=1S/3C25H22ClF2N5O3/c3*1-13-10-30-18(17-5-6-29-24(32-17)25(3,4)35)9-20(13)33-14(2)7-21(22(26)23(33)34)36-12-19-16(28)8-15(27)11-31-19/h3*5-11,35H,12H2,1-4H3/i3*3D3. The summed E-state index contributed by atoms with van der Waals surface area (Å²) >= 11 is 19.0. The van der Waals surface area contributed by atoms with Gasteiger partial charge in [-0.15, -0.1) is 0 Å². The molecule has 0 amide bonds. The van der Waals surface area contributed by atoms with Crippen molar-refractivity contribution < 1.29 is 68.2 Å². The molecule has 0 saturated heterocycles. The van der Waals surface area contributed by atoms with Crippen LogP contribution in [0.2, 0.25) is 15.1 Å². The molecule has 12 heterocycles. The van der Waals surface area contributed by atoms with Crippen molar-refractivity contribution in [1.82, 2.24) is 73.5 Å². The van der Waals surface area contributed by atoms with Crippen molar-refractivity contribution in [2.75, 3.05) is 0 Å². The van der Waals surface area contributed by atoms with Crippen LogP contribution < -0.4 is 30.9 Å². The predicted octanol–water partition coefficient (Wildman–Crippen LogP) is 13.3. The van der Waals surface area contributed by atoms with Gasteiger partial charge in [0.2, 0.25) is 0 Å². The number of aromatic nitrogens is 15. The molecule has 24 nitrogen and oxygen atoms in total. The van der Waals surface area contributed by atoms with Crippen molar-refractivity contribution >= 4 is 34.8 Å². The van der Waals surface area contributed by atoms with Crippen LogP contribution in [0.25, 0.3) is 51.2 Å². The Morgan fingerprint density at radius 1 is 0.389 bits per heavy atom. The molecule has 0 fully saturated rings. The quantitative estimate of drug-likeness (QED) is 0.0672. The second kappa shape index (κ2) is 32.4. The van der Waals surface area contributed by atoms with Crippen molar-refractivity contribution in [2.45, 2.75) is 119 Å². The van der Waals surface area contributed by atoms with E-state index in [9.17, 15) is 56.0 Å². The van der Waals surface area contributed by atoms with Gasteiger partial charge in [0, 0.05) is 103 Å². The Balaban J connectivity index is 0.000000185. The SMILES string of the molecule is [2H]C([2H])([2H])C(C)(O)c1nccc(-c2cc(-n3c(C)cc(OCc4ncc(F)cc4F)c(Cl)c3=O)c(C)cn2)n1.[2H]C([2H])([2H])C(C)(O)c1nccc(-c2cc(-n3c(C)cc(OCc4ncc(F)cc4F)c(Cl)c3=O)c(C)cn2)n1.[2H]C([2H])([2H])C(C)(O)c1nccc(-c2cc(-n3c(C)cc(OCc4ncc(F)cc4F)c(Cl)c3=O)c(C)cn2)n1. The van der Waals surface area contributed by atoms with E-state index in [1.54, 1.807) is 59.7 Å². The van der Waals surface area contributed by atoms with Crippen LogP contribution in [0.5, 0.6) is 17.2 Å². The lowest BCUT2D eigenvalue weighted by molar-refractivity contribution is 0.0683. The molecule has 3 unspecified atom stereocenters. The number of ether oxygens (including phenoxy) is 3. The number of aryl methyl sites for hydroxylation is 6. The number of hydrogen-bond donors (Lipinski definition) is 3. The number of pyridine rings is 9. The lowest BCUT2D eigenvalue weighted by Crippen LogP contribution is -2.23. The molecule has 0 saturated carbocycles. The van der Waals surface area contributed by atoms with Gasteiger partial charge in [0.05, 0.1) is 69.8 Å². The highest BCUT2D eigenvalue weighted by Gasteiger charge is 2.27. The zero-order valence-corrected chi connectivity index (χ0v) is 60.4. The highest BCUT2D eigenvalue weighted by Crippen LogP contribution is 2.33. The summed E-state index contributed by atoms with van der Waals surface area (Å²) in [7, 11) is 0. The fourth-order valence-electron chi connectivity index (χ4n) is 10.2. The van der Waals surface area contributed by atoms with E-state index in [4.69, 9.17) is 61.4 Å². The monoisotopic (exact) mass is 1550 g/mol. The van der Waals surface area contributed by atoms with Crippen LogP contribution in [0.3, 0.4) is 0 Å². The van der Waals surface area contributed by atoms with E-state index in [-0.39, 0.29) is 121 Å². The summed E-state index contributed by atoms with van der Waals surface area (Å²) in [6, 6.07) is 15.6. The molecule has 0 aliphatic carbocycles. The van der Waals surface area contributed by atoms with Crippen LogP contribution in [-0.2, 0) is 36.6 Å². The van der Waals surface area contributed by atoms with Crippen molar-refractivity contribution in [3.05, 3.63) is 278 Å². The van der Waals surface area contributed by atoms with Crippen molar-refractivity contribution in [3.63, 3.8) is 0 Å². The Morgan fingerprint density at radius 2 is 0.648 bits per heavy atom. The summed E-state index contributed by atoms with van der Waals surface area (Å²) in [6.07, 6.45) is 11.0. The topological polar surface area (TPSA) is 309 Å². The summed E-state index contributed by atoms with van der Waals surface area (Å²) in [5.41, 5.74) is -3.51. The molecule has 0 aliphatic rings. The fourth-order valence-corrected chi connectivity index (χ4v) is 10.8. The van der Waals surface area contributed by atoms with E-state index in [0.29, 0.717) is 69.0 Å². The van der Waals surface area contributed by atoms with Gasteiger partial charge < -0.3 is 29.5 Å². The highest BCUT2D eigenvalue weighted by atomic mass is 35.5. The minimum atomic E-state index is -2.78. The molecular formula is C75H66Cl3F6N15O9. The molecule has 558 valence electrons. The molecule has 0 radical (unpaired) electrons. The molecule has 108 heavy (non-hydrogen) atoms. The Bertz CT molecular complexity index is 5460. The van der Waals surface area contributed by atoms with Gasteiger partial charge in [0.1, 0.15) is 103 Å². The second-order valence-electron chi connectivity index (χ2n) is 24.5. The molecule has 33 heteroatoms. The van der Waals surface area contributed by atoms with E-state index in [1.807, 2.05) is 0 Å². The van der Waals surface area contributed by atoms with Gasteiger partial charge in [0.15, 0.2) is 34.9 Å². The minimum absolute atomic E-state index is 0.0137. The Hall–Kier alpha value is -11.3. The average molecular weight is 1550 g/mol. The van der Waals surface area contributed by atoms with Crippen LogP contribution in [0, 0.1) is 76.4 Å². The summed E-state index contributed by atoms with van der Waals surface area (Å²) in [6.45, 7) is 3.90. The molecule has 0 bridgehead atoms. The van der Waals surface area contributed by atoms with Gasteiger partial charge in [-0.25, -0.2) is 56.2 Å². The minimum Gasteiger partial charge on any atom is -0.485 e. The average Bonchev–Trinajstić information content (AvgIpc) is 0.781. The summed E-state index contributed by atoms with van der Waals surface area (Å²) < 4.78 is 170. The first-order chi connectivity index (χ1) is 54.6. The maximum atomic E-state index is 13.9.